The second-order valence-electron chi connectivity index (χ2n) is 9.36. The molecule has 0 spiro atoms. The standard InChI is InChI=1S/C35H25ClN4O/c36-28-15-20-33-34(23-28)37-22-21-35(33)40(32-18-13-27(25-41)14-19-32)38-24-26-11-16-31(17-12-26)39(29-7-3-1-4-8-29)30-9-5-2-6-10-30/h1-25H. The van der Waals surface area contributed by atoms with E-state index in [0.717, 1.165) is 51.2 Å². The molecule has 0 aliphatic rings. The number of carbonyl (C=O) groups excluding carboxylic acids is 1. The summed E-state index contributed by atoms with van der Waals surface area (Å²) in [5.74, 6) is 0. The van der Waals surface area contributed by atoms with E-state index in [0.29, 0.717) is 10.6 Å². The van der Waals surface area contributed by atoms with Crippen LogP contribution < -0.4 is 9.91 Å². The zero-order valence-electron chi connectivity index (χ0n) is 22.0. The Labute approximate surface area is 243 Å². The van der Waals surface area contributed by atoms with E-state index in [2.05, 4.69) is 58.4 Å². The fourth-order valence-electron chi connectivity index (χ4n) is 4.69. The van der Waals surface area contributed by atoms with Crippen molar-refractivity contribution in [3.63, 3.8) is 0 Å². The number of carbonyl (C=O) groups is 1. The number of aldehydes is 1. The van der Waals surface area contributed by atoms with Crippen molar-refractivity contribution in [2.24, 2.45) is 5.10 Å². The zero-order valence-corrected chi connectivity index (χ0v) is 22.8. The number of aromatic nitrogens is 1. The summed E-state index contributed by atoms with van der Waals surface area (Å²) in [7, 11) is 0. The van der Waals surface area contributed by atoms with Gasteiger partial charge in [-0.25, -0.2) is 5.01 Å². The fourth-order valence-corrected chi connectivity index (χ4v) is 4.85. The Morgan fingerprint density at radius 3 is 1.85 bits per heavy atom. The van der Waals surface area contributed by atoms with Gasteiger partial charge in [-0.3, -0.25) is 9.78 Å². The highest BCUT2D eigenvalue weighted by molar-refractivity contribution is 6.31. The summed E-state index contributed by atoms with van der Waals surface area (Å²) in [5, 5.41) is 8.27. The van der Waals surface area contributed by atoms with Crippen molar-refractivity contribution in [1.82, 2.24) is 4.98 Å². The summed E-state index contributed by atoms with van der Waals surface area (Å²) >= 11 is 6.24. The Bertz CT molecular complexity index is 1770. The molecule has 5 aromatic carbocycles. The molecule has 0 unspecified atom stereocenters. The summed E-state index contributed by atoms with van der Waals surface area (Å²) in [6.07, 6.45) is 4.40. The van der Waals surface area contributed by atoms with Crippen LogP contribution in [0.3, 0.4) is 0 Å². The van der Waals surface area contributed by atoms with Crippen LogP contribution in [0, 0.1) is 0 Å². The fraction of sp³-hybridized carbons (Fsp3) is 0. The van der Waals surface area contributed by atoms with E-state index < -0.39 is 0 Å². The van der Waals surface area contributed by atoms with Crippen LogP contribution in [0.25, 0.3) is 10.9 Å². The number of anilines is 5. The third kappa shape index (κ3) is 5.71. The first-order chi connectivity index (χ1) is 20.2. The second kappa shape index (κ2) is 11.9. The number of fused-ring (bicyclic) bond motifs is 1. The Kier molecular flexibility index (Phi) is 7.52. The van der Waals surface area contributed by atoms with E-state index in [9.17, 15) is 4.79 Å². The van der Waals surface area contributed by atoms with Crippen molar-refractivity contribution in [1.29, 1.82) is 0 Å². The first-order valence-electron chi connectivity index (χ1n) is 13.1. The number of halogens is 1. The van der Waals surface area contributed by atoms with E-state index in [-0.39, 0.29) is 0 Å². The molecule has 0 bridgehead atoms. The number of rotatable bonds is 8. The van der Waals surface area contributed by atoms with Gasteiger partial charge in [-0.1, -0.05) is 60.1 Å². The summed E-state index contributed by atoms with van der Waals surface area (Å²) in [4.78, 5) is 18.0. The first kappa shape index (κ1) is 26.0. The Balaban J connectivity index is 1.37. The van der Waals surface area contributed by atoms with Gasteiger partial charge in [-0.2, -0.15) is 5.10 Å². The van der Waals surface area contributed by atoms with Crippen LogP contribution in [0.1, 0.15) is 15.9 Å². The van der Waals surface area contributed by atoms with Gasteiger partial charge in [0, 0.05) is 39.2 Å². The summed E-state index contributed by atoms with van der Waals surface area (Å²) in [5.41, 5.74) is 7.16. The maximum Gasteiger partial charge on any atom is 0.150 e. The van der Waals surface area contributed by atoms with Crippen LogP contribution in [0.15, 0.2) is 145 Å². The van der Waals surface area contributed by atoms with Gasteiger partial charge >= 0.3 is 0 Å². The lowest BCUT2D eigenvalue weighted by Crippen LogP contribution is -2.11. The summed E-state index contributed by atoms with van der Waals surface area (Å²) < 4.78 is 0. The molecule has 0 saturated carbocycles. The highest BCUT2D eigenvalue weighted by Gasteiger charge is 2.14. The number of hydrogen-bond acceptors (Lipinski definition) is 5. The maximum atomic E-state index is 11.3. The Morgan fingerprint density at radius 2 is 1.22 bits per heavy atom. The monoisotopic (exact) mass is 552 g/mol. The molecule has 6 heteroatoms. The smallest absolute Gasteiger partial charge is 0.150 e. The van der Waals surface area contributed by atoms with Crippen molar-refractivity contribution in [3.05, 3.63) is 156 Å². The number of pyridine rings is 1. The molecule has 5 nitrogen and oxygen atoms in total. The molecule has 0 atom stereocenters. The van der Waals surface area contributed by atoms with Crippen LogP contribution in [0.2, 0.25) is 5.02 Å². The molecule has 1 heterocycles. The van der Waals surface area contributed by atoms with Gasteiger partial charge in [-0.05, 0) is 90.5 Å². The minimum absolute atomic E-state index is 0.598. The van der Waals surface area contributed by atoms with Crippen LogP contribution in [0.4, 0.5) is 28.4 Å². The van der Waals surface area contributed by atoms with E-state index in [1.807, 2.05) is 84.0 Å². The lowest BCUT2D eigenvalue weighted by molar-refractivity contribution is 0.112. The van der Waals surface area contributed by atoms with Gasteiger partial charge in [-0.15, -0.1) is 0 Å². The van der Waals surface area contributed by atoms with Crippen molar-refractivity contribution in [2.45, 2.75) is 0 Å². The quantitative estimate of drug-likeness (QED) is 0.107. The van der Waals surface area contributed by atoms with E-state index in [4.69, 9.17) is 16.7 Å². The maximum absolute atomic E-state index is 11.3. The van der Waals surface area contributed by atoms with Gasteiger partial charge in [0.15, 0.2) is 0 Å². The van der Waals surface area contributed by atoms with Crippen molar-refractivity contribution >= 4 is 63.4 Å². The molecule has 41 heavy (non-hydrogen) atoms. The Morgan fingerprint density at radius 1 is 0.634 bits per heavy atom. The molecule has 0 aliphatic carbocycles. The molecule has 0 amide bonds. The molecule has 1 aromatic heterocycles. The average molecular weight is 553 g/mol. The highest BCUT2D eigenvalue weighted by Crippen LogP contribution is 2.35. The first-order valence-corrected chi connectivity index (χ1v) is 13.5. The SMILES string of the molecule is O=Cc1ccc(N(N=Cc2ccc(N(c3ccccc3)c3ccccc3)cc2)c2ccnc3cc(Cl)ccc23)cc1. The highest BCUT2D eigenvalue weighted by atomic mass is 35.5. The van der Waals surface area contributed by atoms with Gasteiger partial charge in [0.2, 0.25) is 0 Å². The Hall–Kier alpha value is -5.26. The number of nitrogens with zero attached hydrogens (tertiary/aromatic N) is 4. The molecular formula is C35H25ClN4O. The number of hydrazone groups is 1. The van der Waals surface area contributed by atoms with Crippen LogP contribution in [-0.4, -0.2) is 17.5 Å². The van der Waals surface area contributed by atoms with Crippen molar-refractivity contribution in [2.75, 3.05) is 9.91 Å². The van der Waals surface area contributed by atoms with Crippen LogP contribution in [-0.2, 0) is 0 Å². The topological polar surface area (TPSA) is 48.8 Å². The zero-order chi connectivity index (χ0) is 28.0. The predicted octanol–water partition coefficient (Wildman–Crippen LogP) is 9.34. The number of benzene rings is 5. The molecule has 0 saturated heterocycles. The normalized spacial score (nSPS) is 11.0. The van der Waals surface area contributed by atoms with Gasteiger partial charge in [0.1, 0.15) is 6.29 Å². The molecule has 198 valence electrons. The summed E-state index contributed by atoms with van der Waals surface area (Å²) in [6.45, 7) is 0. The molecule has 0 aliphatic heterocycles. The van der Waals surface area contributed by atoms with Crippen molar-refractivity contribution < 1.29 is 4.79 Å². The second-order valence-corrected chi connectivity index (χ2v) is 9.79. The molecule has 6 aromatic rings. The van der Waals surface area contributed by atoms with Crippen LogP contribution >= 0.6 is 11.6 Å². The molecular weight excluding hydrogens is 528 g/mol. The predicted molar refractivity (Wildman–Crippen MR) is 169 cm³/mol. The molecule has 0 N–H and O–H groups in total. The third-order valence-corrected chi connectivity index (χ3v) is 6.92. The van der Waals surface area contributed by atoms with Gasteiger partial charge < -0.3 is 4.90 Å². The van der Waals surface area contributed by atoms with Crippen molar-refractivity contribution in [3.8, 4) is 0 Å². The van der Waals surface area contributed by atoms with E-state index in [1.165, 1.54) is 0 Å². The van der Waals surface area contributed by atoms with E-state index in [1.54, 1.807) is 18.3 Å². The van der Waals surface area contributed by atoms with Gasteiger partial charge in [0.05, 0.1) is 23.1 Å². The molecule has 0 radical (unpaired) electrons. The third-order valence-electron chi connectivity index (χ3n) is 6.69. The summed E-state index contributed by atoms with van der Waals surface area (Å²) in [6, 6.07) is 43.7. The average Bonchev–Trinajstić information content (AvgIpc) is 3.03. The number of hydrogen-bond donors (Lipinski definition) is 0. The van der Waals surface area contributed by atoms with E-state index >= 15 is 0 Å². The minimum Gasteiger partial charge on any atom is -0.311 e. The lowest BCUT2D eigenvalue weighted by atomic mass is 10.1. The number of para-hydroxylation sites is 2. The largest absolute Gasteiger partial charge is 0.311 e. The lowest BCUT2D eigenvalue weighted by Gasteiger charge is -2.25. The minimum atomic E-state index is 0.598. The van der Waals surface area contributed by atoms with Gasteiger partial charge in [0.25, 0.3) is 0 Å². The van der Waals surface area contributed by atoms with Crippen LogP contribution in [0.5, 0.6) is 0 Å². The molecule has 0 fully saturated rings. The molecule has 6 rings (SSSR count).